The van der Waals surface area contributed by atoms with Crippen LogP contribution in [0.5, 0.6) is 0 Å². The van der Waals surface area contributed by atoms with Crippen LogP contribution in [0.3, 0.4) is 0 Å². The summed E-state index contributed by atoms with van der Waals surface area (Å²) >= 11 is 0. The summed E-state index contributed by atoms with van der Waals surface area (Å²) < 4.78 is 10.6. The Hall–Kier alpha value is -1.66. The number of nitrogens with zero attached hydrogens (tertiary/aromatic N) is 3. The molecule has 3 heterocycles. The van der Waals surface area contributed by atoms with Gasteiger partial charge in [-0.25, -0.2) is 0 Å². The molecule has 2 aromatic rings. The van der Waals surface area contributed by atoms with Gasteiger partial charge in [0.05, 0.1) is 12.3 Å². The Bertz CT molecular complexity index is 517. The third-order valence-electron chi connectivity index (χ3n) is 3.63. The topological polar surface area (TPSA) is 67.3 Å². The molecule has 108 valence electrons. The first-order chi connectivity index (χ1) is 9.88. The SMILES string of the molecule is CCCC(c1noc(-c2ccco2)n1)N1CCNCC1. The van der Waals surface area contributed by atoms with Crippen LogP contribution in [0.15, 0.2) is 27.3 Å². The van der Waals surface area contributed by atoms with E-state index < -0.39 is 0 Å². The van der Waals surface area contributed by atoms with Crippen LogP contribution in [-0.4, -0.2) is 41.2 Å². The zero-order chi connectivity index (χ0) is 13.8. The van der Waals surface area contributed by atoms with Crippen molar-refractivity contribution >= 4 is 0 Å². The average molecular weight is 276 g/mol. The van der Waals surface area contributed by atoms with Crippen LogP contribution in [0.2, 0.25) is 0 Å². The molecule has 6 nitrogen and oxygen atoms in total. The highest BCUT2D eigenvalue weighted by atomic mass is 16.5. The molecule has 0 saturated carbocycles. The number of piperazine rings is 1. The fraction of sp³-hybridized carbons (Fsp3) is 0.571. The number of hydrogen-bond donors (Lipinski definition) is 1. The second kappa shape index (κ2) is 6.19. The van der Waals surface area contributed by atoms with Crippen molar-refractivity contribution < 1.29 is 8.94 Å². The van der Waals surface area contributed by atoms with E-state index in [-0.39, 0.29) is 6.04 Å². The number of rotatable bonds is 5. The van der Waals surface area contributed by atoms with Gasteiger partial charge in [0.15, 0.2) is 11.6 Å². The molecule has 0 spiro atoms. The first-order valence-electron chi connectivity index (χ1n) is 7.20. The van der Waals surface area contributed by atoms with Crippen molar-refractivity contribution in [3.8, 4) is 11.7 Å². The second-order valence-electron chi connectivity index (χ2n) is 5.03. The molecule has 0 radical (unpaired) electrons. The number of nitrogens with one attached hydrogen (secondary N) is 1. The van der Waals surface area contributed by atoms with Crippen LogP contribution in [0, 0.1) is 0 Å². The van der Waals surface area contributed by atoms with Gasteiger partial charge in [0, 0.05) is 26.2 Å². The minimum atomic E-state index is 0.231. The molecule has 1 atom stereocenters. The van der Waals surface area contributed by atoms with Gasteiger partial charge in [-0.1, -0.05) is 18.5 Å². The van der Waals surface area contributed by atoms with Gasteiger partial charge in [-0.3, -0.25) is 4.90 Å². The van der Waals surface area contributed by atoms with Gasteiger partial charge < -0.3 is 14.3 Å². The first kappa shape index (κ1) is 13.3. The molecule has 1 unspecified atom stereocenters. The van der Waals surface area contributed by atoms with E-state index in [2.05, 4.69) is 27.3 Å². The molecule has 0 bridgehead atoms. The minimum absolute atomic E-state index is 0.231. The molecular weight excluding hydrogens is 256 g/mol. The minimum Gasteiger partial charge on any atom is -0.459 e. The zero-order valence-electron chi connectivity index (χ0n) is 11.7. The van der Waals surface area contributed by atoms with E-state index >= 15 is 0 Å². The van der Waals surface area contributed by atoms with E-state index in [9.17, 15) is 0 Å². The quantitative estimate of drug-likeness (QED) is 0.901. The summed E-state index contributed by atoms with van der Waals surface area (Å²) in [5.74, 6) is 1.85. The lowest BCUT2D eigenvalue weighted by molar-refractivity contribution is 0.155. The molecule has 1 fully saturated rings. The molecule has 0 aromatic carbocycles. The highest BCUT2D eigenvalue weighted by Crippen LogP contribution is 2.26. The van der Waals surface area contributed by atoms with Crippen LogP contribution in [0.1, 0.15) is 31.6 Å². The van der Waals surface area contributed by atoms with Gasteiger partial charge in [-0.15, -0.1) is 0 Å². The van der Waals surface area contributed by atoms with Gasteiger partial charge in [0.25, 0.3) is 5.89 Å². The summed E-state index contributed by atoms with van der Waals surface area (Å²) in [7, 11) is 0. The molecule has 1 aliphatic rings. The molecule has 1 aliphatic heterocycles. The predicted octanol–water partition coefficient (Wildman–Crippen LogP) is 2.08. The fourth-order valence-electron chi connectivity index (χ4n) is 2.61. The Balaban J connectivity index is 1.80. The summed E-state index contributed by atoms with van der Waals surface area (Å²) in [6, 6.07) is 3.88. The molecular formula is C14H20N4O2. The molecule has 2 aromatic heterocycles. The monoisotopic (exact) mass is 276 g/mol. The first-order valence-corrected chi connectivity index (χ1v) is 7.20. The van der Waals surface area contributed by atoms with Crippen LogP contribution in [0.25, 0.3) is 11.7 Å². The number of aromatic nitrogens is 2. The molecule has 1 N–H and O–H groups in total. The Morgan fingerprint density at radius 3 is 2.95 bits per heavy atom. The predicted molar refractivity (Wildman–Crippen MR) is 74.1 cm³/mol. The van der Waals surface area contributed by atoms with Gasteiger partial charge in [-0.2, -0.15) is 4.98 Å². The van der Waals surface area contributed by atoms with E-state index in [1.165, 1.54) is 0 Å². The van der Waals surface area contributed by atoms with E-state index in [1.54, 1.807) is 6.26 Å². The van der Waals surface area contributed by atoms with Crippen LogP contribution >= 0.6 is 0 Å². The smallest absolute Gasteiger partial charge is 0.293 e. The van der Waals surface area contributed by atoms with Crippen LogP contribution in [0.4, 0.5) is 0 Å². The van der Waals surface area contributed by atoms with Gasteiger partial charge >= 0.3 is 0 Å². The van der Waals surface area contributed by atoms with Crippen molar-refractivity contribution in [2.75, 3.05) is 26.2 Å². The lowest BCUT2D eigenvalue weighted by Crippen LogP contribution is -2.45. The van der Waals surface area contributed by atoms with E-state index in [0.29, 0.717) is 11.7 Å². The van der Waals surface area contributed by atoms with Crippen molar-refractivity contribution in [3.63, 3.8) is 0 Å². The lowest BCUT2D eigenvalue weighted by Gasteiger charge is -2.32. The number of furan rings is 1. The van der Waals surface area contributed by atoms with Crippen molar-refractivity contribution in [1.29, 1.82) is 0 Å². The summed E-state index contributed by atoms with van der Waals surface area (Å²) in [5, 5.41) is 7.53. The standard InChI is InChI=1S/C14H20N4O2/c1-2-4-11(18-8-6-15-7-9-18)13-16-14(20-17-13)12-5-3-10-19-12/h3,5,10-11,15H,2,4,6-9H2,1H3. The van der Waals surface area contributed by atoms with Crippen LogP contribution in [-0.2, 0) is 0 Å². The van der Waals surface area contributed by atoms with Crippen molar-refractivity contribution in [3.05, 3.63) is 24.2 Å². The molecule has 0 amide bonds. The van der Waals surface area contributed by atoms with Crippen molar-refractivity contribution in [1.82, 2.24) is 20.4 Å². The average Bonchev–Trinajstić information content (AvgIpc) is 3.16. The van der Waals surface area contributed by atoms with E-state index in [1.807, 2.05) is 12.1 Å². The third-order valence-corrected chi connectivity index (χ3v) is 3.63. The highest BCUT2D eigenvalue weighted by molar-refractivity contribution is 5.42. The zero-order valence-corrected chi connectivity index (χ0v) is 11.7. The summed E-state index contributed by atoms with van der Waals surface area (Å²) in [4.78, 5) is 6.94. The Kier molecular flexibility index (Phi) is 4.13. The lowest BCUT2D eigenvalue weighted by atomic mass is 10.1. The second-order valence-corrected chi connectivity index (χ2v) is 5.03. The van der Waals surface area contributed by atoms with Crippen molar-refractivity contribution in [2.45, 2.75) is 25.8 Å². The van der Waals surface area contributed by atoms with Gasteiger partial charge in [0.2, 0.25) is 0 Å². The maximum absolute atomic E-state index is 5.33. The van der Waals surface area contributed by atoms with Crippen LogP contribution < -0.4 is 5.32 Å². The Labute approximate surface area is 118 Å². The van der Waals surface area contributed by atoms with E-state index in [0.717, 1.165) is 44.8 Å². The summed E-state index contributed by atoms with van der Waals surface area (Å²) in [6.07, 6.45) is 3.75. The number of hydrogen-bond acceptors (Lipinski definition) is 6. The largest absolute Gasteiger partial charge is 0.459 e. The molecule has 6 heteroatoms. The summed E-state index contributed by atoms with van der Waals surface area (Å²) in [6.45, 7) is 6.26. The van der Waals surface area contributed by atoms with E-state index in [4.69, 9.17) is 8.94 Å². The fourth-order valence-corrected chi connectivity index (χ4v) is 2.61. The normalized spacial score (nSPS) is 18.2. The van der Waals surface area contributed by atoms with Gasteiger partial charge in [0.1, 0.15) is 0 Å². The van der Waals surface area contributed by atoms with Gasteiger partial charge in [-0.05, 0) is 18.6 Å². The molecule has 0 aliphatic carbocycles. The molecule has 3 rings (SSSR count). The molecule has 1 saturated heterocycles. The maximum atomic E-state index is 5.33. The third kappa shape index (κ3) is 2.76. The molecule has 20 heavy (non-hydrogen) atoms. The Morgan fingerprint density at radius 2 is 2.25 bits per heavy atom. The Morgan fingerprint density at radius 1 is 1.40 bits per heavy atom. The maximum Gasteiger partial charge on any atom is 0.293 e. The van der Waals surface area contributed by atoms with Crippen molar-refractivity contribution in [2.24, 2.45) is 0 Å². The highest BCUT2D eigenvalue weighted by Gasteiger charge is 2.26. The summed E-state index contributed by atoms with van der Waals surface area (Å²) in [5.41, 5.74) is 0.